The molecule has 1 aromatic carbocycles. The zero-order chi connectivity index (χ0) is 17.2. The van der Waals surface area contributed by atoms with E-state index in [1.165, 1.54) is 0 Å². The average molecular weight is 346 g/mol. The van der Waals surface area contributed by atoms with Gasteiger partial charge in [-0.05, 0) is 45.0 Å². The van der Waals surface area contributed by atoms with Gasteiger partial charge in [0.2, 0.25) is 5.91 Å². The van der Waals surface area contributed by atoms with Gasteiger partial charge in [0, 0.05) is 28.8 Å². The molecule has 1 aliphatic rings. The lowest BCUT2D eigenvalue weighted by Crippen LogP contribution is -2.53. The molecule has 3 rings (SSSR count). The van der Waals surface area contributed by atoms with Crippen LogP contribution in [0.15, 0.2) is 36.5 Å². The van der Waals surface area contributed by atoms with Gasteiger partial charge >= 0.3 is 0 Å². The van der Waals surface area contributed by atoms with Crippen molar-refractivity contribution in [3.63, 3.8) is 0 Å². The van der Waals surface area contributed by atoms with Crippen molar-refractivity contribution in [3.05, 3.63) is 42.1 Å². The van der Waals surface area contributed by atoms with Crippen LogP contribution in [-0.2, 0) is 15.6 Å². The summed E-state index contributed by atoms with van der Waals surface area (Å²) in [5, 5.41) is 10.6. The van der Waals surface area contributed by atoms with Crippen molar-refractivity contribution in [3.8, 4) is 5.69 Å². The fraction of sp³-hybridized carbons (Fsp3) is 0.412. The lowest BCUT2D eigenvalue weighted by atomic mass is 9.96. The van der Waals surface area contributed by atoms with Gasteiger partial charge in [0.05, 0.1) is 5.69 Å². The third-order valence-electron chi connectivity index (χ3n) is 4.53. The normalized spacial score (nSPS) is 18.1. The molecule has 24 heavy (non-hydrogen) atoms. The van der Waals surface area contributed by atoms with Crippen molar-refractivity contribution in [2.75, 3.05) is 24.7 Å². The number of nitrogens with zero attached hydrogens (tertiary/aromatic N) is 2. The molecule has 2 aromatic rings. The highest BCUT2D eigenvalue weighted by molar-refractivity contribution is 7.86. The van der Waals surface area contributed by atoms with E-state index in [-0.39, 0.29) is 5.91 Å². The van der Waals surface area contributed by atoms with Gasteiger partial charge in [-0.2, -0.15) is 0 Å². The van der Waals surface area contributed by atoms with E-state index in [2.05, 4.69) is 15.7 Å². The molecule has 1 aromatic heterocycles. The number of para-hydroxylation sites is 1. The number of hydrogen-bond acceptors (Lipinski definition) is 4. The highest BCUT2D eigenvalue weighted by Crippen LogP contribution is 2.27. The number of anilines is 1. The monoisotopic (exact) mass is 346 g/mol. The molecular weight excluding hydrogens is 324 g/mol. The lowest BCUT2D eigenvalue weighted by Gasteiger charge is -2.33. The second kappa shape index (κ2) is 6.86. The molecule has 2 heterocycles. The van der Waals surface area contributed by atoms with E-state index in [1.54, 1.807) is 10.9 Å². The van der Waals surface area contributed by atoms with E-state index in [1.807, 2.05) is 43.5 Å². The Hall–Kier alpha value is -1.99. The van der Waals surface area contributed by atoms with Crippen LogP contribution in [0.2, 0.25) is 0 Å². The van der Waals surface area contributed by atoms with E-state index in [9.17, 15) is 9.00 Å². The van der Waals surface area contributed by atoms with E-state index in [4.69, 9.17) is 0 Å². The zero-order valence-corrected chi connectivity index (χ0v) is 14.7. The Balaban J connectivity index is 1.84. The summed E-state index contributed by atoms with van der Waals surface area (Å²) in [5.74, 6) is 0.318. The van der Waals surface area contributed by atoms with Crippen LogP contribution in [0.25, 0.3) is 5.69 Å². The van der Waals surface area contributed by atoms with Crippen LogP contribution in [0, 0.1) is 6.92 Å². The van der Waals surface area contributed by atoms with Gasteiger partial charge in [0.1, 0.15) is 4.75 Å². The Morgan fingerprint density at radius 3 is 2.58 bits per heavy atom. The second-order valence-electron chi connectivity index (χ2n) is 6.09. The maximum absolute atomic E-state index is 12.8. The van der Waals surface area contributed by atoms with Gasteiger partial charge in [-0.25, -0.2) is 4.68 Å². The summed E-state index contributed by atoms with van der Waals surface area (Å²) in [6, 6.07) is 9.73. The van der Waals surface area contributed by atoms with Gasteiger partial charge in [0.25, 0.3) is 0 Å². The fourth-order valence-corrected chi connectivity index (χ4v) is 4.08. The molecular formula is C17H22N4O2S. The van der Waals surface area contributed by atoms with Crippen molar-refractivity contribution in [1.82, 2.24) is 15.1 Å². The van der Waals surface area contributed by atoms with E-state index in [0.29, 0.717) is 31.7 Å². The van der Waals surface area contributed by atoms with Gasteiger partial charge in [-0.15, -0.1) is 5.10 Å². The molecule has 2 N–H and O–H groups in total. The minimum Gasteiger partial charge on any atom is -0.317 e. The van der Waals surface area contributed by atoms with Crippen molar-refractivity contribution in [2.45, 2.75) is 24.5 Å². The minimum absolute atomic E-state index is 0.203. The molecule has 128 valence electrons. The third kappa shape index (κ3) is 3.14. The Morgan fingerprint density at radius 2 is 1.96 bits per heavy atom. The zero-order valence-electron chi connectivity index (χ0n) is 13.9. The number of hydrogen-bond donors (Lipinski definition) is 2. The maximum atomic E-state index is 12.8. The minimum atomic E-state index is -1.24. The van der Waals surface area contributed by atoms with Gasteiger partial charge < -0.3 is 10.6 Å². The number of nitrogens with one attached hydrogen (secondary N) is 2. The highest BCUT2D eigenvalue weighted by atomic mass is 32.2. The number of amides is 1. The Kier molecular flexibility index (Phi) is 4.82. The Morgan fingerprint density at radius 1 is 1.29 bits per heavy atom. The van der Waals surface area contributed by atoms with Crippen LogP contribution < -0.4 is 10.6 Å². The van der Waals surface area contributed by atoms with Crippen LogP contribution in [0.3, 0.4) is 0 Å². The van der Waals surface area contributed by atoms with Crippen molar-refractivity contribution in [2.24, 2.45) is 0 Å². The van der Waals surface area contributed by atoms with Crippen molar-refractivity contribution >= 4 is 22.5 Å². The summed E-state index contributed by atoms with van der Waals surface area (Å²) < 4.78 is 13.2. The summed E-state index contributed by atoms with van der Waals surface area (Å²) in [7, 11) is -1.24. The molecule has 0 aliphatic carbocycles. The molecule has 0 bridgehead atoms. The number of carbonyl (C=O) groups is 1. The smallest absolute Gasteiger partial charge is 0.244 e. The SMILES string of the molecule is Cc1cn(-c2ccccc2)nc1NC(=O)C1(S(C)=O)CCNCC1. The molecule has 1 fully saturated rings. The summed E-state index contributed by atoms with van der Waals surface area (Å²) in [5.41, 5.74) is 1.80. The van der Waals surface area contributed by atoms with E-state index < -0.39 is 15.5 Å². The Labute approximate surface area is 144 Å². The first-order valence-electron chi connectivity index (χ1n) is 8.00. The number of carbonyl (C=O) groups excluding carboxylic acids is 1. The van der Waals surface area contributed by atoms with Crippen LogP contribution in [0.4, 0.5) is 5.82 Å². The number of aryl methyl sites for hydroxylation is 1. The van der Waals surface area contributed by atoms with Crippen LogP contribution in [0.1, 0.15) is 18.4 Å². The van der Waals surface area contributed by atoms with Gasteiger partial charge in [0.15, 0.2) is 5.82 Å². The fourth-order valence-electron chi connectivity index (χ4n) is 2.99. The molecule has 0 radical (unpaired) electrons. The van der Waals surface area contributed by atoms with Gasteiger partial charge in [-0.3, -0.25) is 9.00 Å². The number of rotatable bonds is 4. The quantitative estimate of drug-likeness (QED) is 0.882. The standard InChI is InChI=1S/C17H22N4O2S/c1-13-12-21(14-6-4-3-5-7-14)20-15(13)19-16(22)17(24(2)23)8-10-18-11-9-17/h3-7,12,18H,8-11H2,1-2H3,(H,19,20,22). The van der Waals surface area contributed by atoms with Crippen molar-refractivity contribution in [1.29, 1.82) is 0 Å². The highest BCUT2D eigenvalue weighted by Gasteiger charge is 2.43. The predicted octanol–water partition coefficient (Wildman–Crippen LogP) is 1.62. The van der Waals surface area contributed by atoms with Crippen LogP contribution in [-0.4, -0.2) is 44.0 Å². The summed E-state index contributed by atoms with van der Waals surface area (Å²) in [6.45, 7) is 3.30. The predicted molar refractivity (Wildman–Crippen MR) is 95.8 cm³/mol. The number of benzene rings is 1. The first-order chi connectivity index (χ1) is 11.5. The summed E-state index contributed by atoms with van der Waals surface area (Å²) in [6.07, 6.45) is 4.63. The molecule has 0 spiro atoms. The summed E-state index contributed by atoms with van der Waals surface area (Å²) in [4.78, 5) is 12.8. The van der Waals surface area contributed by atoms with Crippen molar-refractivity contribution < 1.29 is 9.00 Å². The maximum Gasteiger partial charge on any atom is 0.244 e. The molecule has 1 aliphatic heterocycles. The number of aromatic nitrogens is 2. The second-order valence-corrected chi connectivity index (χ2v) is 7.78. The molecule has 1 saturated heterocycles. The molecule has 7 heteroatoms. The van der Waals surface area contributed by atoms with Gasteiger partial charge in [-0.1, -0.05) is 18.2 Å². The molecule has 1 atom stereocenters. The van der Waals surface area contributed by atoms with E-state index >= 15 is 0 Å². The summed E-state index contributed by atoms with van der Waals surface area (Å²) >= 11 is 0. The van der Waals surface area contributed by atoms with Crippen LogP contribution in [0.5, 0.6) is 0 Å². The van der Waals surface area contributed by atoms with Crippen LogP contribution >= 0.6 is 0 Å². The third-order valence-corrected chi connectivity index (χ3v) is 6.22. The largest absolute Gasteiger partial charge is 0.317 e. The molecule has 6 nitrogen and oxygen atoms in total. The average Bonchev–Trinajstić information content (AvgIpc) is 2.97. The first kappa shape index (κ1) is 16.9. The molecule has 1 amide bonds. The first-order valence-corrected chi connectivity index (χ1v) is 9.56. The molecule has 1 unspecified atom stereocenters. The topological polar surface area (TPSA) is 76.0 Å². The Bertz CT molecular complexity index is 751. The number of piperidine rings is 1. The lowest BCUT2D eigenvalue weighted by molar-refractivity contribution is -0.119. The van der Waals surface area contributed by atoms with E-state index in [0.717, 1.165) is 11.3 Å². The molecule has 0 saturated carbocycles.